The maximum absolute atomic E-state index is 13.5. The first kappa shape index (κ1) is 22.3. The molecule has 1 atom stereocenters. The van der Waals surface area contributed by atoms with Gasteiger partial charge in [0.25, 0.3) is 5.91 Å². The quantitative estimate of drug-likeness (QED) is 0.538. The number of benzene rings is 2. The fourth-order valence-electron chi connectivity index (χ4n) is 4.31. The maximum Gasteiger partial charge on any atom is 0.257 e. The van der Waals surface area contributed by atoms with Gasteiger partial charge in [-0.1, -0.05) is 63.2 Å². The van der Waals surface area contributed by atoms with Crippen LogP contribution in [0.1, 0.15) is 59.8 Å². The van der Waals surface area contributed by atoms with Gasteiger partial charge in [-0.3, -0.25) is 9.69 Å². The molecule has 0 radical (unpaired) electrons. The van der Waals surface area contributed by atoms with Gasteiger partial charge in [-0.05, 0) is 36.2 Å². The Kier molecular flexibility index (Phi) is 6.20. The molecule has 1 fully saturated rings. The predicted octanol–water partition coefficient (Wildman–Crippen LogP) is 5.57. The molecule has 1 amide bonds. The number of rotatable bonds is 4. The van der Waals surface area contributed by atoms with Crippen LogP contribution in [0.5, 0.6) is 0 Å². The van der Waals surface area contributed by atoms with Crippen LogP contribution in [-0.2, 0) is 5.41 Å². The summed E-state index contributed by atoms with van der Waals surface area (Å²) in [6, 6.07) is 18.9. The van der Waals surface area contributed by atoms with Crippen molar-refractivity contribution in [3.63, 3.8) is 0 Å². The van der Waals surface area contributed by atoms with E-state index in [4.69, 9.17) is 4.42 Å². The van der Waals surface area contributed by atoms with Gasteiger partial charge in [0.05, 0.1) is 11.6 Å². The number of aryl methyl sites for hydroxylation is 1. The molecule has 0 N–H and O–H groups in total. The highest BCUT2D eigenvalue weighted by molar-refractivity contribution is 5.95. The third-order valence-corrected chi connectivity index (χ3v) is 6.16. The SMILES string of the molecule is Cc1oc(C(C)(C)C)cc1C(=O)N1CCN(C(c2ccccc2)c2ccc(F)cc2)CC1. The van der Waals surface area contributed by atoms with Crippen LogP contribution < -0.4 is 0 Å². The summed E-state index contributed by atoms with van der Waals surface area (Å²) in [5.74, 6) is 1.30. The Morgan fingerprint density at radius 2 is 1.53 bits per heavy atom. The Morgan fingerprint density at radius 1 is 0.938 bits per heavy atom. The molecule has 4 nitrogen and oxygen atoms in total. The van der Waals surface area contributed by atoms with Gasteiger partial charge in [-0.25, -0.2) is 4.39 Å². The summed E-state index contributed by atoms with van der Waals surface area (Å²) in [4.78, 5) is 17.5. The van der Waals surface area contributed by atoms with E-state index in [1.54, 1.807) is 0 Å². The molecule has 0 saturated carbocycles. The maximum atomic E-state index is 13.5. The Morgan fingerprint density at radius 3 is 2.09 bits per heavy atom. The highest BCUT2D eigenvalue weighted by Crippen LogP contribution is 2.31. The van der Waals surface area contributed by atoms with Gasteiger partial charge >= 0.3 is 0 Å². The van der Waals surface area contributed by atoms with Crippen LogP contribution in [0.4, 0.5) is 4.39 Å². The van der Waals surface area contributed by atoms with Gasteiger partial charge in [0, 0.05) is 31.6 Å². The summed E-state index contributed by atoms with van der Waals surface area (Å²) in [5, 5.41) is 0. The Hall–Kier alpha value is -2.92. The molecular formula is C27H31FN2O2. The molecule has 4 rings (SSSR count). The molecule has 2 heterocycles. The smallest absolute Gasteiger partial charge is 0.257 e. The minimum absolute atomic E-state index is 0.0252. The number of hydrogen-bond acceptors (Lipinski definition) is 3. The fourth-order valence-corrected chi connectivity index (χ4v) is 4.31. The molecule has 1 unspecified atom stereocenters. The van der Waals surface area contributed by atoms with Crippen molar-refractivity contribution in [1.29, 1.82) is 0 Å². The molecule has 1 saturated heterocycles. The topological polar surface area (TPSA) is 36.7 Å². The number of hydrogen-bond donors (Lipinski definition) is 0. The van der Waals surface area contributed by atoms with E-state index in [0.717, 1.165) is 24.4 Å². The zero-order chi connectivity index (χ0) is 22.9. The minimum Gasteiger partial charge on any atom is -0.465 e. The van der Waals surface area contributed by atoms with Crippen molar-refractivity contribution in [1.82, 2.24) is 9.80 Å². The van der Waals surface area contributed by atoms with Gasteiger partial charge in [-0.2, -0.15) is 0 Å². The second-order valence-corrected chi connectivity index (χ2v) is 9.52. The van der Waals surface area contributed by atoms with Crippen LogP contribution in [0.25, 0.3) is 0 Å². The predicted molar refractivity (Wildman–Crippen MR) is 124 cm³/mol. The van der Waals surface area contributed by atoms with Gasteiger partial charge in [-0.15, -0.1) is 0 Å². The first-order valence-corrected chi connectivity index (χ1v) is 11.2. The molecule has 5 heteroatoms. The lowest BCUT2D eigenvalue weighted by Gasteiger charge is -2.39. The number of halogens is 1. The molecule has 1 aliphatic rings. The van der Waals surface area contributed by atoms with E-state index < -0.39 is 0 Å². The molecular weight excluding hydrogens is 403 g/mol. The van der Waals surface area contributed by atoms with Crippen molar-refractivity contribution in [2.45, 2.75) is 39.2 Å². The first-order chi connectivity index (χ1) is 15.2. The van der Waals surface area contributed by atoms with Crippen LogP contribution in [0.2, 0.25) is 0 Å². The molecule has 0 bridgehead atoms. The van der Waals surface area contributed by atoms with E-state index in [1.807, 2.05) is 48.2 Å². The molecule has 0 spiro atoms. The van der Waals surface area contributed by atoms with Gasteiger partial charge in [0.15, 0.2) is 0 Å². The molecule has 3 aromatic rings. The molecule has 32 heavy (non-hydrogen) atoms. The largest absolute Gasteiger partial charge is 0.465 e. The lowest BCUT2D eigenvalue weighted by Crippen LogP contribution is -2.49. The average molecular weight is 435 g/mol. The van der Waals surface area contributed by atoms with Crippen LogP contribution in [0.15, 0.2) is 65.1 Å². The van der Waals surface area contributed by atoms with Crippen LogP contribution in [0, 0.1) is 12.7 Å². The third-order valence-electron chi connectivity index (χ3n) is 6.16. The second kappa shape index (κ2) is 8.91. The summed E-state index contributed by atoms with van der Waals surface area (Å²) in [7, 11) is 0. The number of nitrogens with zero attached hydrogens (tertiary/aromatic N) is 2. The standard InChI is InChI=1S/C27H31FN2O2/c1-19-23(18-24(32-19)27(2,3)4)26(31)30-16-14-29(15-17-30)25(20-8-6-5-7-9-20)21-10-12-22(28)13-11-21/h5-13,18,25H,14-17H2,1-4H3. The molecule has 168 valence electrons. The monoisotopic (exact) mass is 434 g/mol. The Bertz CT molecular complexity index is 1060. The van der Waals surface area contributed by atoms with Crippen LogP contribution in [-0.4, -0.2) is 41.9 Å². The van der Waals surface area contributed by atoms with E-state index >= 15 is 0 Å². The Balaban J connectivity index is 1.52. The zero-order valence-electron chi connectivity index (χ0n) is 19.3. The number of piperazine rings is 1. The highest BCUT2D eigenvalue weighted by atomic mass is 19.1. The normalized spacial score (nSPS) is 16.2. The van der Waals surface area contributed by atoms with Crippen LogP contribution in [0.3, 0.4) is 0 Å². The first-order valence-electron chi connectivity index (χ1n) is 11.2. The van der Waals surface area contributed by atoms with Gasteiger partial charge in [0.2, 0.25) is 0 Å². The molecule has 2 aromatic carbocycles. The van der Waals surface area contributed by atoms with E-state index in [0.29, 0.717) is 24.4 Å². The number of carbonyl (C=O) groups excluding carboxylic acids is 1. The van der Waals surface area contributed by atoms with E-state index in [2.05, 4.69) is 37.8 Å². The van der Waals surface area contributed by atoms with E-state index in [-0.39, 0.29) is 23.2 Å². The van der Waals surface area contributed by atoms with E-state index in [9.17, 15) is 9.18 Å². The second-order valence-electron chi connectivity index (χ2n) is 9.52. The van der Waals surface area contributed by atoms with E-state index in [1.165, 1.54) is 17.7 Å². The molecule has 0 aliphatic carbocycles. The summed E-state index contributed by atoms with van der Waals surface area (Å²) in [6.07, 6.45) is 0. The number of carbonyl (C=O) groups is 1. The fraction of sp³-hybridized carbons (Fsp3) is 0.370. The zero-order valence-corrected chi connectivity index (χ0v) is 19.3. The van der Waals surface area contributed by atoms with Crippen molar-refractivity contribution in [3.8, 4) is 0 Å². The third kappa shape index (κ3) is 4.63. The van der Waals surface area contributed by atoms with Crippen molar-refractivity contribution in [3.05, 3.63) is 94.7 Å². The lowest BCUT2D eigenvalue weighted by molar-refractivity contribution is 0.0595. The summed E-state index contributed by atoms with van der Waals surface area (Å²) < 4.78 is 19.4. The lowest BCUT2D eigenvalue weighted by atomic mass is 9.93. The van der Waals surface area contributed by atoms with Crippen molar-refractivity contribution in [2.24, 2.45) is 0 Å². The highest BCUT2D eigenvalue weighted by Gasteiger charge is 2.31. The summed E-state index contributed by atoms with van der Waals surface area (Å²) >= 11 is 0. The average Bonchev–Trinajstić information content (AvgIpc) is 3.18. The van der Waals surface area contributed by atoms with Crippen molar-refractivity contribution < 1.29 is 13.6 Å². The summed E-state index contributed by atoms with van der Waals surface area (Å²) in [5.41, 5.74) is 2.74. The molecule has 1 aliphatic heterocycles. The van der Waals surface area contributed by atoms with Gasteiger partial charge in [0.1, 0.15) is 17.3 Å². The number of amides is 1. The molecule has 1 aromatic heterocycles. The van der Waals surface area contributed by atoms with Crippen molar-refractivity contribution in [2.75, 3.05) is 26.2 Å². The summed E-state index contributed by atoms with van der Waals surface area (Å²) in [6.45, 7) is 10.9. The van der Waals surface area contributed by atoms with Crippen LogP contribution >= 0.6 is 0 Å². The Labute approximate surface area is 189 Å². The van der Waals surface area contributed by atoms with Gasteiger partial charge < -0.3 is 9.32 Å². The minimum atomic E-state index is -0.235. The van der Waals surface area contributed by atoms with Crippen molar-refractivity contribution >= 4 is 5.91 Å². The number of furan rings is 1.